The van der Waals surface area contributed by atoms with Crippen molar-refractivity contribution in [3.63, 3.8) is 0 Å². The maximum absolute atomic E-state index is 12.2. The lowest BCUT2D eigenvalue weighted by Crippen LogP contribution is -2.36. The van der Waals surface area contributed by atoms with Crippen LogP contribution in [-0.4, -0.2) is 47.3 Å². The van der Waals surface area contributed by atoms with Crippen LogP contribution < -0.4 is 5.43 Å². The SMILES string of the molecule is O=C(c1cc(=O)c2ccccc2o1)N(CCO)CCO. The van der Waals surface area contributed by atoms with Crippen molar-refractivity contribution in [2.24, 2.45) is 0 Å². The molecule has 1 amide bonds. The Morgan fingerprint density at radius 1 is 1.15 bits per heavy atom. The van der Waals surface area contributed by atoms with E-state index in [2.05, 4.69) is 0 Å². The average molecular weight is 277 g/mol. The van der Waals surface area contributed by atoms with E-state index in [9.17, 15) is 9.59 Å². The molecule has 0 atom stereocenters. The topological polar surface area (TPSA) is 91.0 Å². The number of fused-ring (bicyclic) bond motifs is 1. The zero-order valence-electron chi connectivity index (χ0n) is 10.8. The van der Waals surface area contributed by atoms with Crippen LogP contribution in [0.25, 0.3) is 11.0 Å². The van der Waals surface area contributed by atoms with Crippen LogP contribution in [0.2, 0.25) is 0 Å². The first-order valence-electron chi connectivity index (χ1n) is 6.21. The summed E-state index contributed by atoms with van der Waals surface area (Å²) in [4.78, 5) is 25.3. The largest absolute Gasteiger partial charge is 0.451 e. The third-order valence-electron chi connectivity index (χ3n) is 2.87. The van der Waals surface area contributed by atoms with Crippen LogP contribution in [0.4, 0.5) is 0 Å². The molecular formula is C14H15NO5. The maximum atomic E-state index is 12.2. The minimum absolute atomic E-state index is 0.0654. The van der Waals surface area contributed by atoms with Gasteiger partial charge in [0.2, 0.25) is 0 Å². The number of aliphatic hydroxyl groups is 2. The fraction of sp³-hybridized carbons (Fsp3) is 0.286. The summed E-state index contributed by atoms with van der Waals surface area (Å²) in [6.07, 6.45) is 0. The summed E-state index contributed by atoms with van der Waals surface area (Å²) in [6, 6.07) is 7.78. The van der Waals surface area contributed by atoms with E-state index >= 15 is 0 Å². The summed E-state index contributed by atoms with van der Waals surface area (Å²) < 4.78 is 5.42. The van der Waals surface area contributed by atoms with Gasteiger partial charge in [0.25, 0.3) is 5.91 Å². The van der Waals surface area contributed by atoms with E-state index < -0.39 is 5.91 Å². The Bertz CT molecular complexity index is 658. The van der Waals surface area contributed by atoms with Gasteiger partial charge in [-0.15, -0.1) is 0 Å². The van der Waals surface area contributed by atoms with Crippen molar-refractivity contribution in [3.05, 3.63) is 46.3 Å². The van der Waals surface area contributed by atoms with E-state index in [-0.39, 0.29) is 37.5 Å². The standard InChI is InChI=1S/C14H15NO5/c16-7-5-15(6-8-17)14(19)13-9-11(18)10-3-1-2-4-12(10)20-13/h1-4,9,16-17H,5-8H2. The van der Waals surface area contributed by atoms with Crippen molar-refractivity contribution in [3.8, 4) is 0 Å². The van der Waals surface area contributed by atoms with E-state index in [4.69, 9.17) is 14.6 Å². The van der Waals surface area contributed by atoms with Crippen LogP contribution in [0, 0.1) is 0 Å². The molecule has 0 spiro atoms. The molecule has 6 nitrogen and oxygen atoms in total. The number of carbonyl (C=O) groups is 1. The normalized spacial score (nSPS) is 10.7. The zero-order valence-corrected chi connectivity index (χ0v) is 10.8. The Morgan fingerprint density at radius 2 is 1.80 bits per heavy atom. The van der Waals surface area contributed by atoms with E-state index in [0.717, 1.165) is 6.07 Å². The summed E-state index contributed by atoms with van der Waals surface area (Å²) >= 11 is 0. The van der Waals surface area contributed by atoms with Crippen LogP contribution in [0.15, 0.2) is 39.5 Å². The summed E-state index contributed by atoms with van der Waals surface area (Å²) in [5, 5.41) is 18.2. The number of rotatable bonds is 5. The lowest BCUT2D eigenvalue weighted by Gasteiger charge is -2.19. The Kier molecular flexibility index (Phi) is 4.49. The molecule has 1 heterocycles. The Morgan fingerprint density at radius 3 is 2.45 bits per heavy atom. The number of nitrogens with zero attached hydrogens (tertiary/aromatic N) is 1. The summed E-state index contributed by atoms with van der Waals surface area (Å²) in [5.41, 5.74) is 0.0273. The van der Waals surface area contributed by atoms with Crippen LogP contribution in [0.1, 0.15) is 10.6 Å². The monoisotopic (exact) mass is 277 g/mol. The molecule has 20 heavy (non-hydrogen) atoms. The first-order chi connectivity index (χ1) is 9.67. The summed E-state index contributed by atoms with van der Waals surface area (Å²) in [6.45, 7) is -0.334. The molecule has 0 bridgehead atoms. The molecule has 106 valence electrons. The van der Waals surface area contributed by atoms with Crippen LogP contribution in [0.3, 0.4) is 0 Å². The third kappa shape index (κ3) is 2.87. The zero-order chi connectivity index (χ0) is 14.5. The number of benzene rings is 1. The predicted octanol–water partition coefficient (Wildman–Crippen LogP) is 0.220. The van der Waals surface area contributed by atoms with Gasteiger partial charge in [-0.1, -0.05) is 12.1 Å². The predicted molar refractivity (Wildman–Crippen MR) is 72.6 cm³/mol. The molecule has 1 aromatic heterocycles. The van der Waals surface area contributed by atoms with E-state index in [0.29, 0.717) is 11.0 Å². The molecule has 2 N–H and O–H groups in total. The average Bonchev–Trinajstić information content (AvgIpc) is 2.46. The van der Waals surface area contributed by atoms with Crippen molar-refractivity contribution < 1.29 is 19.4 Å². The van der Waals surface area contributed by atoms with Crippen molar-refractivity contribution in [2.45, 2.75) is 0 Å². The summed E-state index contributed by atoms with van der Waals surface area (Å²) in [5.74, 6) is -0.633. The smallest absolute Gasteiger partial charge is 0.289 e. The molecule has 0 aliphatic heterocycles. The van der Waals surface area contributed by atoms with Gasteiger partial charge < -0.3 is 19.5 Å². The number of para-hydroxylation sites is 1. The van der Waals surface area contributed by atoms with Crippen molar-refractivity contribution in [2.75, 3.05) is 26.3 Å². The van der Waals surface area contributed by atoms with Gasteiger partial charge in [0.05, 0.1) is 18.6 Å². The molecule has 2 aromatic rings. The molecule has 0 saturated heterocycles. The molecule has 6 heteroatoms. The molecule has 0 aliphatic carbocycles. The lowest BCUT2D eigenvalue weighted by atomic mass is 10.2. The second-order valence-electron chi connectivity index (χ2n) is 4.21. The lowest BCUT2D eigenvalue weighted by molar-refractivity contribution is 0.0654. The second-order valence-corrected chi connectivity index (χ2v) is 4.21. The second kappa shape index (κ2) is 6.31. The summed E-state index contributed by atoms with van der Waals surface area (Å²) in [7, 11) is 0. The highest BCUT2D eigenvalue weighted by Gasteiger charge is 2.18. The van der Waals surface area contributed by atoms with Crippen molar-refractivity contribution in [1.29, 1.82) is 0 Å². The van der Waals surface area contributed by atoms with Gasteiger partial charge in [0.15, 0.2) is 11.2 Å². The van der Waals surface area contributed by atoms with E-state index in [1.807, 2.05) is 0 Å². The fourth-order valence-electron chi connectivity index (χ4n) is 1.92. The van der Waals surface area contributed by atoms with Gasteiger partial charge in [-0.05, 0) is 12.1 Å². The van der Waals surface area contributed by atoms with Crippen LogP contribution in [0.5, 0.6) is 0 Å². The van der Waals surface area contributed by atoms with Gasteiger partial charge in [-0.2, -0.15) is 0 Å². The quantitative estimate of drug-likeness (QED) is 0.815. The molecule has 0 aliphatic rings. The Hall–Kier alpha value is -2.18. The fourth-order valence-corrected chi connectivity index (χ4v) is 1.92. The third-order valence-corrected chi connectivity index (χ3v) is 2.87. The number of aliphatic hydroxyl groups excluding tert-OH is 2. The number of amides is 1. The number of carbonyl (C=O) groups excluding carboxylic acids is 1. The molecule has 0 unspecified atom stereocenters. The number of hydrogen-bond donors (Lipinski definition) is 2. The van der Waals surface area contributed by atoms with Crippen LogP contribution in [-0.2, 0) is 0 Å². The Balaban J connectivity index is 2.41. The van der Waals surface area contributed by atoms with Crippen molar-refractivity contribution >= 4 is 16.9 Å². The van der Waals surface area contributed by atoms with Gasteiger partial charge >= 0.3 is 0 Å². The highest BCUT2D eigenvalue weighted by molar-refractivity contribution is 5.93. The van der Waals surface area contributed by atoms with Gasteiger partial charge in [0.1, 0.15) is 5.58 Å². The molecule has 0 fully saturated rings. The van der Waals surface area contributed by atoms with Gasteiger partial charge in [-0.25, -0.2) is 0 Å². The first kappa shape index (κ1) is 14.2. The first-order valence-corrected chi connectivity index (χ1v) is 6.21. The molecule has 1 aromatic carbocycles. The highest BCUT2D eigenvalue weighted by atomic mass is 16.3. The highest BCUT2D eigenvalue weighted by Crippen LogP contribution is 2.13. The molecule has 0 radical (unpaired) electrons. The van der Waals surface area contributed by atoms with Gasteiger partial charge in [0, 0.05) is 19.2 Å². The minimum Gasteiger partial charge on any atom is -0.451 e. The van der Waals surface area contributed by atoms with E-state index in [1.165, 1.54) is 4.90 Å². The van der Waals surface area contributed by atoms with E-state index in [1.54, 1.807) is 24.3 Å². The Labute approximate surface area is 114 Å². The molecular weight excluding hydrogens is 262 g/mol. The number of hydrogen-bond acceptors (Lipinski definition) is 5. The molecule has 2 rings (SSSR count). The van der Waals surface area contributed by atoms with Crippen molar-refractivity contribution in [1.82, 2.24) is 4.90 Å². The molecule has 0 saturated carbocycles. The maximum Gasteiger partial charge on any atom is 0.289 e. The van der Waals surface area contributed by atoms with Crippen LogP contribution >= 0.6 is 0 Å². The minimum atomic E-state index is -0.532. The van der Waals surface area contributed by atoms with Gasteiger partial charge in [-0.3, -0.25) is 9.59 Å².